The number of nitrogens with zero attached hydrogens (tertiary/aromatic N) is 4. The Kier molecular flexibility index (Phi) is 5.82. The summed E-state index contributed by atoms with van der Waals surface area (Å²) in [4.78, 5) is 12.0. The van der Waals surface area contributed by atoms with E-state index in [1.807, 2.05) is 31.2 Å². The highest BCUT2D eigenvalue weighted by atomic mass is 19.1. The van der Waals surface area contributed by atoms with Gasteiger partial charge in [0.1, 0.15) is 11.6 Å². The van der Waals surface area contributed by atoms with Crippen LogP contribution >= 0.6 is 0 Å². The van der Waals surface area contributed by atoms with Crippen molar-refractivity contribution in [3.8, 4) is 5.88 Å². The summed E-state index contributed by atoms with van der Waals surface area (Å²) in [5.41, 5.74) is 1.78. The zero-order chi connectivity index (χ0) is 22.1. The molecular weight excluding hydrogens is 409 g/mol. The number of alkyl halides is 1. The second kappa shape index (κ2) is 8.90. The summed E-state index contributed by atoms with van der Waals surface area (Å²) < 4.78 is 18.0. The molecule has 2 bridgehead atoms. The molecule has 8 nitrogen and oxygen atoms in total. The molecule has 0 saturated carbocycles. The van der Waals surface area contributed by atoms with Crippen LogP contribution in [-0.4, -0.2) is 63.5 Å². The number of fused-ring (bicyclic) bond motifs is 3. The predicted octanol–water partition coefficient (Wildman–Crippen LogP) is 4.18. The van der Waals surface area contributed by atoms with Crippen molar-refractivity contribution in [3.05, 3.63) is 30.0 Å². The molecule has 0 spiro atoms. The molecule has 2 fully saturated rings. The molecule has 3 aromatic rings. The first-order valence-electron chi connectivity index (χ1n) is 11.4. The van der Waals surface area contributed by atoms with Gasteiger partial charge in [0.05, 0.1) is 19.3 Å². The fourth-order valence-electron chi connectivity index (χ4n) is 5.20. The van der Waals surface area contributed by atoms with E-state index in [0.29, 0.717) is 42.1 Å². The molecule has 9 heteroatoms. The molecule has 0 aromatic carbocycles. The van der Waals surface area contributed by atoms with Crippen molar-refractivity contribution in [1.82, 2.24) is 25.1 Å². The molecule has 0 radical (unpaired) electrons. The molecule has 1 unspecified atom stereocenters. The average molecular weight is 440 g/mol. The number of H-pyrrole nitrogens is 1. The van der Waals surface area contributed by atoms with Crippen LogP contribution < -0.4 is 15.4 Å². The summed E-state index contributed by atoms with van der Waals surface area (Å²) >= 11 is 0. The van der Waals surface area contributed by atoms with Crippen LogP contribution in [0, 0.1) is 6.92 Å². The predicted molar refractivity (Wildman–Crippen MR) is 123 cm³/mol. The fourth-order valence-corrected chi connectivity index (χ4v) is 5.20. The van der Waals surface area contributed by atoms with Gasteiger partial charge >= 0.3 is 0 Å². The average Bonchev–Trinajstić information content (AvgIpc) is 3.30. The molecule has 2 aliphatic rings. The molecular formula is C23H30FN7O. The Morgan fingerprint density at radius 1 is 1.16 bits per heavy atom. The van der Waals surface area contributed by atoms with Crippen molar-refractivity contribution in [3.63, 3.8) is 0 Å². The summed E-state index contributed by atoms with van der Waals surface area (Å²) in [6.07, 6.45) is 5.12. The first-order chi connectivity index (χ1) is 15.6. The van der Waals surface area contributed by atoms with E-state index in [0.717, 1.165) is 41.8 Å². The summed E-state index contributed by atoms with van der Waals surface area (Å²) in [5.74, 6) is 2.77. The monoisotopic (exact) mass is 439 g/mol. The Morgan fingerprint density at radius 3 is 2.66 bits per heavy atom. The van der Waals surface area contributed by atoms with Gasteiger partial charge in [-0.05, 0) is 45.1 Å². The largest absolute Gasteiger partial charge is 0.481 e. The minimum absolute atomic E-state index is 0.237. The molecule has 0 amide bonds. The summed E-state index contributed by atoms with van der Waals surface area (Å²) in [6.45, 7) is 2.59. The van der Waals surface area contributed by atoms with Crippen LogP contribution in [0.1, 0.15) is 37.8 Å². The quantitative estimate of drug-likeness (QED) is 0.485. The molecule has 5 heterocycles. The molecule has 3 atom stereocenters. The number of rotatable bonds is 8. The number of ether oxygens (including phenoxy) is 1. The number of methoxy groups -OCH3 is 1. The first kappa shape index (κ1) is 20.9. The van der Waals surface area contributed by atoms with E-state index in [1.165, 1.54) is 12.8 Å². The highest BCUT2D eigenvalue weighted by Gasteiger charge is 2.40. The van der Waals surface area contributed by atoms with Crippen LogP contribution in [0.3, 0.4) is 0 Å². The van der Waals surface area contributed by atoms with E-state index in [9.17, 15) is 4.39 Å². The Balaban J connectivity index is 1.41. The van der Waals surface area contributed by atoms with E-state index in [1.54, 1.807) is 7.11 Å². The van der Waals surface area contributed by atoms with Gasteiger partial charge in [-0.15, -0.1) is 0 Å². The Hall–Kier alpha value is -2.94. The molecule has 2 saturated heterocycles. The molecule has 3 aromatic heterocycles. The van der Waals surface area contributed by atoms with Gasteiger partial charge in [-0.3, -0.25) is 14.4 Å². The van der Waals surface area contributed by atoms with Crippen LogP contribution in [0.4, 0.5) is 21.8 Å². The van der Waals surface area contributed by atoms with Gasteiger partial charge in [0.15, 0.2) is 5.82 Å². The van der Waals surface area contributed by atoms with Crippen molar-refractivity contribution in [1.29, 1.82) is 0 Å². The van der Waals surface area contributed by atoms with E-state index >= 15 is 0 Å². The van der Waals surface area contributed by atoms with E-state index < -0.39 is 0 Å². The van der Waals surface area contributed by atoms with Gasteiger partial charge < -0.3 is 15.4 Å². The second-order valence-electron chi connectivity index (χ2n) is 8.82. The van der Waals surface area contributed by atoms with Crippen molar-refractivity contribution in [2.75, 3.05) is 31.0 Å². The molecule has 5 rings (SSSR count). The topological polar surface area (TPSA) is 91.0 Å². The van der Waals surface area contributed by atoms with Gasteiger partial charge in [0, 0.05) is 53.9 Å². The second-order valence-corrected chi connectivity index (χ2v) is 8.82. The number of aromatic nitrogens is 4. The zero-order valence-corrected chi connectivity index (χ0v) is 18.6. The Labute approximate surface area is 187 Å². The lowest BCUT2D eigenvalue weighted by atomic mass is 9.97. The summed E-state index contributed by atoms with van der Waals surface area (Å²) in [5, 5.41) is 15.1. The SMILES string of the molecule is COc1ccc2c(NC3C[C@H]4CC[C@@H](C3)N4CCCF)nc(Nc3cc(C)[nH]n3)cc2n1. The number of anilines is 3. The van der Waals surface area contributed by atoms with Crippen molar-refractivity contribution < 1.29 is 9.13 Å². The Bertz CT molecular complexity index is 1070. The van der Waals surface area contributed by atoms with Crippen LogP contribution in [0.25, 0.3) is 10.9 Å². The number of nitrogens with one attached hydrogen (secondary N) is 3. The van der Waals surface area contributed by atoms with Gasteiger partial charge in [0.2, 0.25) is 5.88 Å². The van der Waals surface area contributed by atoms with E-state index in [-0.39, 0.29) is 6.67 Å². The lowest BCUT2D eigenvalue weighted by Crippen LogP contribution is -2.47. The molecule has 3 N–H and O–H groups in total. The van der Waals surface area contributed by atoms with Crippen LogP contribution in [0.2, 0.25) is 0 Å². The first-order valence-corrected chi connectivity index (χ1v) is 11.4. The normalized spacial score (nSPS) is 22.9. The number of halogens is 1. The third-order valence-corrected chi connectivity index (χ3v) is 6.61. The minimum Gasteiger partial charge on any atom is -0.481 e. The zero-order valence-electron chi connectivity index (χ0n) is 18.6. The van der Waals surface area contributed by atoms with Crippen LogP contribution in [0.15, 0.2) is 24.3 Å². The lowest BCUT2D eigenvalue weighted by molar-refractivity contribution is 0.128. The highest BCUT2D eigenvalue weighted by molar-refractivity contribution is 5.92. The van der Waals surface area contributed by atoms with E-state index in [4.69, 9.17) is 9.72 Å². The number of piperidine rings is 1. The number of hydrogen-bond acceptors (Lipinski definition) is 7. The lowest BCUT2D eigenvalue weighted by Gasteiger charge is -2.39. The number of pyridine rings is 2. The maximum atomic E-state index is 12.7. The van der Waals surface area contributed by atoms with Gasteiger partial charge in [-0.25, -0.2) is 9.97 Å². The minimum atomic E-state index is -0.237. The van der Waals surface area contributed by atoms with Crippen molar-refractivity contribution in [2.24, 2.45) is 0 Å². The van der Waals surface area contributed by atoms with Crippen LogP contribution in [0.5, 0.6) is 5.88 Å². The van der Waals surface area contributed by atoms with Crippen molar-refractivity contribution >= 4 is 28.4 Å². The van der Waals surface area contributed by atoms with Crippen molar-refractivity contribution in [2.45, 2.75) is 57.2 Å². The summed E-state index contributed by atoms with van der Waals surface area (Å²) in [6, 6.07) is 9.09. The number of aryl methyl sites for hydroxylation is 1. The van der Waals surface area contributed by atoms with Gasteiger partial charge in [-0.1, -0.05) is 0 Å². The molecule has 170 valence electrons. The fraction of sp³-hybridized carbons (Fsp3) is 0.522. The number of aromatic amines is 1. The third-order valence-electron chi connectivity index (χ3n) is 6.61. The summed E-state index contributed by atoms with van der Waals surface area (Å²) in [7, 11) is 1.62. The van der Waals surface area contributed by atoms with Gasteiger partial charge in [-0.2, -0.15) is 5.10 Å². The highest BCUT2D eigenvalue weighted by Crippen LogP contribution is 2.37. The van der Waals surface area contributed by atoms with E-state index in [2.05, 4.69) is 30.7 Å². The molecule has 0 aliphatic carbocycles. The smallest absolute Gasteiger partial charge is 0.213 e. The standard InChI is InChI=1S/C23H30FN7O/c1-14-10-21(30-29-14)27-20-13-19-18(6-7-22(26-19)32-2)23(28-20)25-15-11-16-4-5-17(12-15)31(16)9-3-8-24/h6-7,10,13,15-17H,3-5,8-9,11-12H2,1-2H3,(H3,25,27,28,29,30)/t15?,16-,17+. The maximum Gasteiger partial charge on any atom is 0.213 e. The maximum absolute atomic E-state index is 12.7. The van der Waals surface area contributed by atoms with Crippen LogP contribution in [-0.2, 0) is 0 Å². The Morgan fingerprint density at radius 2 is 1.97 bits per heavy atom. The molecule has 32 heavy (non-hydrogen) atoms. The third kappa shape index (κ3) is 4.21. The van der Waals surface area contributed by atoms with Gasteiger partial charge in [0.25, 0.3) is 0 Å². The number of hydrogen-bond donors (Lipinski definition) is 3. The molecule has 2 aliphatic heterocycles.